The fourth-order valence-corrected chi connectivity index (χ4v) is 5.58. The Hall–Kier alpha value is -5.02. The van der Waals surface area contributed by atoms with Gasteiger partial charge in [0.2, 0.25) is 5.91 Å². The zero-order valence-corrected chi connectivity index (χ0v) is 26.1. The zero-order chi connectivity index (χ0) is 34.2. The molecule has 0 spiro atoms. The van der Waals surface area contributed by atoms with Crippen molar-refractivity contribution in [3.63, 3.8) is 0 Å². The van der Waals surface area contributed by atoms with Crippen LogP contribution in [0.25, 0.3) is 11.1 Å². The lowest BCUT2D eigenvalue weighted by atomic mass is 9.96. The molecular weight excluding hydrogens is 620 g/mol. The molecule has 0 radical (unpaired) electrons. The van der Waals surface area contributed by atoms with Gasteiger partial charge in [-0.25, -0.2) is 9.59 Å². The molecule has 1 heterocycles. The molecule has 15 heteroatoms. The van der Waals surface area contributed by atoms with Crippen LogP contribution < -0.4 is 10.6 Å². The van der Waals surface area contributed by atoms with E-state index in [0.29, 0.717) is 0 Å². The summed E-state index contributed by atoms with van der Waals surface area (Å²) >= 11 is 0. The third kappa shape index (κ3) is 8.83. The number of aliphatic carboxylic acids is 1. The number of esters is 3. The van der Waals surface area contributed by atoms with E-state index in [4.69, 9.17) is 28.4 Å². The Balaban J connectivity index is 1.48. The topological polar surface area (TPSA) is 202 Å². The smallest absolute Gasteiger partial charge is 0.407 e. The van der Waals surface area contributed by atoms with Crippen LogP contribution in [0.15, 0.2) is 48.5 Å². The van der Waals surface area contributed by atoms with Gasteiger partial charge in [0.15, 0.2) is 24.5 Å². The van der Waals surface area contributed by atoms with Crippen LogP contribution in [0.1, 0.15) is 44.7 Å². The van der Waals surface area contributed by atoms with E-state index in [1.165, 1.54) is 0 Å². The quantitative estimate of drug-likeness (QED) is 0.220. The van der Waals surface area contributed by atoms with Crippen LogP contribution in [0.5, 0.6) is 0 Å². The normalized spacial score (nSPS) is 22.1. The van der Waals surface area contributed by atoms with Crippen LogP contribution >= 0.6 is 0 Å². The summed E-state index contributed by atoms with van der Waals surface area (Å²) in [6.07, 6.45) is -6.58. The molecule has 0 saturated carbocycles. The number of alkyl carbamates (subject to hydrolysis) is 1. The van der Waals surface area contributed by atoms with Crippen molar-refractivity contribution in [3.8, 4) is 11.1 Å². The number of rotatable bonds is 12. The molecule has 3 N–H and O–H groups in total. The van der Waals surface area contributed by atoms with Gasteiger partial charge in [0, 0.05) is 33.6 Å². The average Bonchev–Trinajstić information content (AvgIpc) is 3.32. The number of amides is 2. The van der Waals surface area contributed by atoms with E-state index in [1.807, 2.05) is 48.5 Å². The first-order valence-corrected chi connectivity index (χ1v) is 14.7. The Bertz CT molecular complexity index is 1470. The summed E-state index contributed by atoms with van der Waals surface area (Å²) in [5.74, 6) is -4.65. The molecule has 2 aromatic carbocycles. The summed E-state index contributed by atoms with van der Waals surface area (Å²) in [7, 11) is 0. The molecule has 47 heavy (non-hydrogen) atoms. The highest BCUT2D eigenvalue weighted by atomic mass is 16.7. The van der Waals surface area contributed by atoms with Crippen molar-refractivity contribution in [1.29, 1.82) is 0 Å². The van der Waals surface area contributed by atoms with Gasteiger partial charge in [-0.05, 0) is 22.3 Å². The highest BCUT2D eigenvalue weighted by Crippen LogP contribution is 2.44. The minimum absolute atomic E-state index is 0.0666. The molecule has 2 amide bonds. The summed E-state index contributed by atoms with van der Waals surface area (Å²) < 4.78 is 32.8. The molecule has 252 valence electrons. The van der Waals surface area contributed by atoms with Crippen molar-refractivity contribution in [2.75, 3.05) is 19.8 Å². The van der Waals surface area contributed by atoms with Crippen LogP contribution in [0, 0.1) is 0 Å². The summed E-state index contributed by atoms with van der Waals surface area (Å²) in [5.41, 5.74) is 3.97. The van der Waals surface area contributed by atoms with E-state index in [9.17, 15) is 33.9 Å². The number of carboxylic acids is 1. The lowest BCUT2D eigenvalue weighted by Gasteiger charge is -2.45. The van der Waals surface area contributed by atoms with Crippen molar-refractivity contribution in [2.24, 2.45) is 0 Å². The number of hydrogen-bond acceptors (Lipinski definition) is 12. The van der Waals surface area contributed by atoms with Gasteiger partial charge in [-0.3, -0.25) is 19.2 Å². The molecule has 1 fully saturated rings. The highest BCUT2D eigenvalue weighted by Gasteiger charge is 2.51. The molecule has 15 nitrogen and oxygen atoms in total. The maximum absolute atomic E-state index is 12.8. The second kappa shape index (κ2) is 15.5. The summed E-state index contributed by atoms with van der Waals surface area (Å²) in [4.78, 5) is 72.6. The Morgan fingerprint density at radius 2 is 1.36 bits per heavy atom. The predicted molar refractivity (Wildman–Crippen MR) is 160 cm³/mol. The van der Waals surface area contributed by atoms with Crippen LogP contribution in [0.4, 0.5) is 4.79 Å². The fraction of sp³-hybridized carbons (Fsp3) is 0.438. The second-order valence-electron chi connectivity index (χ2n) is 10.9. The number of benzene rings is 2. The summed E-state index contributed by atoms with van der Waals surface area (Å²) in [6.45, 7) is 3.23. The number of fused-ring (bicyclic) bond motifs is 3. The molecule has 0 unspecified atom stereocenters. The van der Waals surface area contributed by atoms with Crippen molar-refractivity contribution < 1.29 is 62.3 Å². The van der Waals surface area contributed by atoms with E-state index in [1.54, 1.807) is 0 Å². The minimum atomic E-state index is -1.66. The van der Waals surface area contributed by atoms with Gasteiger partial charge in [0.1, 0.15) is 25.4 Å². The molecule has 1 saturated heterocycles. The van der Waals surface area contributed by atoms with Gasteiger partial charge in [0.05, 0.1) is 6.61 Å². The van der Waals surface area contributed by atoms with Gasteiger partial charge in [-0.1, -0.05) is 48.5 Å². The molecule has 0 aromatic heterocycles. The predicted octanol–water partition coefficient (Wildman–Crippen LogP) is 1.65. The first kappa shape index (κ1) is 34.8. The first-order valence-electron chi connectivity index (χ1n) is 14.7. The minimum Gasteiger partial charge on any atom is -0.480 e. The summed E-state index contributed by atoms with van der Waals surface area (Å²) in [6, 6.07) is 12.5. The number of nitrogens with one attached hydrogen (secondary N) is 2. The lowest BCUT2D eigenvalue weighted by molar-refractivity contribution is -0.278. The van der Waals surface area contributed by atoms with Gasteiger partial charge in [0.25, 0.3) is 0 Å². The Morgan fingerprint density at radius 3 is 1.89 bits per heavy atom. The highest BCUT2D eigenvalue weighted by molar-refractivity contribution is 5.81. The Labute approximate surface area is 269 Å². The first-order chi connectivity index (χ1) is 22.3. The molecule has 0 bridgehead atoms. The van der Waals surface area contributed by atoms with Crippen molar-refractivity contribution in [2.45, 2.75) is 70.3 Å². The van der Waals surface area contributed by atoms with E-state index >= 15 is 0 Å². The monoisotopic (exact) mass is 656 g/mol. The van der Waals surface area contributed by atoms with Crippen LogP contribution in [-0.4, -0.2) is 97.5 Å². The standard InChI is InChI=1S/C32H36N2O13/c1-16(35)33-27-29(46-19(4)38)28(45-18(3)37)26(15-42-17(2)36)47-31(27)43-14-25(30(39)40)34-32(41)44-13-24-22-11-7-5-9-20(22)21-10-6-8-12-23(21)24/h5-12,24-29,31H,13-15H2,1-4H3,(H,33,35)(H,34,41)(H,39,40)/t25-,26-,27-,28+,29-,31-/m0/s1. The fourth-order valence-electron chi connectivity index (χ4n) is 5.58. The van der Waals surface area contributed by atoms with Crippen LogP contribution in [0.3, 0.4) is 0 Å². The molecule has 1 aliphatic carbocycles. The average molecular weight is 657 g/mol. The number of carbonyl (C=O) groups excluding carboxylic acids is 5. The number of carbonyl (C=O) groups is 6. The Morgan fingerprint density at radius 1 is 0.787 bits per heavy atom. The largest absolute Gasteiger partial charge is 0.480 e. The van der Waals surface area contributed by atoms with Crippen LogP contribution in [0.2, 0.25) is 0 Å². The van der Waals surface area contributed by atoms with Gasteiger partial charge >= 0.3 is 30.0 Å². The maximum atomic E-state index is 12.8. The third-order valence-corrected chi connectivity index (χ3v) is 7.43. The maximum Gasteiger partial charge on any atom is 0.407 e. The zero-order valence-electron chi connectivity index (χ0n) is 26.1. The van der Waals surface area contributed by atoms with Crippen molar-refractivity contribution in [1.82, 2.24) is 10.6 Å². The number of hydrogen-bond donors (Lipinski definition) is 3. The molecule has 6 atom stereocenters. The SMILES string of the molecule is CC(=O)N[C@@H]1[C@@H](OC[C@H](NC(=O)OCC2c3ccccc3-c3ccccc32)C(=O)O)O[C@@H](COC(C)=O)[C@@H](OC(C)=O)[C@H]1OC(C)=O. The molecule has 2 aromatic rings. The second-order valence-corrected chi connectivity index (χ2v) is 10.9. The third-order valence-electron chi connectivity index (χ3n) is 7.43. The van der Waals surface area contributed by atoms with Crippen LogP contribution in [-0.2, 0) is 52.4 Å². The van der Waals surface area contributed by atoms with E-state index in [2.05, 4.69) is 10.6 Å². The van der Waals surface area contributed by atoms with Gasteiger partial charge in [-0.15, -0.1) is 0 Å². The molecule has 1 aliphatic heterocycles. The molecule has 4 rings (SSSR count). The number of ether oxygens (including phenoxy) is 6. The van der Waals surface area contributed by atoms with Gasteiger partial charge < -0.3 is 44.2 Å². The summed E-state index contributed by atoms with van der Waals surface area (Å²) in [5, 5.41) is 14.6. The molecular formula is C32H36N2O13. The van der Waals surface area contributed by atoms with Crippen molar-refractivity contribution >= 4 is 35.9 Å². The van der Waals surface area contributed by atoms with E-state index in [0.717, 1.165) is 49.9 Å². The van der Waals surface area contributed by atoms with Crippen molar-refractivity contribution in [3.05, 3.63) is 59.7 Å². The van der Waals surface area contributed by atoms with Gasteiger partial charge in [-0.2, -0.15) is 0 Å². The lowest BCUT2D eigenvalue weighted by Crippen LogP contribution is -2.67. The van der Waals surface area contributed by atoms with E-state index < -0.39 is 85.8 Å². The van der Waals surface area contributed by atoms with E-state index in [-0.39, 0.29) is 12.5 Å². The Kier molecular flexibility index (Phi) is 11.5. The number of carboxylic acid groups (broad SMARTS) is 1. The molecule has 2 aliphatic rings.